The molecule has 1 aliphatic heterocycles. The molecule has 1 amide bonds. The van der Waals surface area contributed by atoms with Crippen LogP contribution in [0.1, 0.15) is 29.8 Å². The molecule has 2 aromatic rings. The van der Waals surface area contributed by atoms with Gasteiger partial charge in [0.15, 0.2) is 0 Å². The summed E-state index contributed by atoms with van der Waals surface area (Å²) in [7, 11) is 0. The van der Waals surface area contributed by atoms with Crippen molar-refractivity contribution in [1.82, 2.24) is 15.3 Å². The van der Waals surface area contributed by atoms with E-state index in [-0.39, 0.29) is 23.4 Å². The molecule has 2 aromatic heterocycles. The van der Waals surface area contributed by atoms with Gasteiger partial charge in [0.05, 0.1) is 5.92 Å². The predicted octanol–water partition coefficient (Wildman–Crippen LogP) is 1.64. The van der Waals surface area contributed by atoms with Crippen LogP contribution in [0.3, 0.4) is 0 Å². The molecule has 2 N–H and O–H groups in total. The zero-order valence-corrected chi connectivity index (χ0v) is 14.0. The molecule has 7 heteroatoms. The van der Waals surface area contributed by atoms with E-state index in [9.17, 15) is 9.59 Å². The molecular weight excluding hydrogens is 312 g/mol. The Labute approximate surface area is 138 Å². The van der Waals surface area contributed by atoms with Crippen molar-refractivity contribution in [1.29, 1.82) is 0 Å². The molecule has 3 heterocycles. The largest absolute Gasteiger partial charge is 0.351 e. The van der Waals surface area contributed by atoms with E-state index in [2.05, 4.69) is 15.3 Å². The highest BCUT2D eigenvalue weighted by molar-refractivity contribution is 7.10. The number of carbonyl (C=O) groups is 1. The summed E-state index contributed by atoms with van der Waals surface area (Å²) >= 11 is 1.60. The van der Waals surface area contributed by atoms with Crippen LogP contribution in [-0.4, -0.2) is 35.0 Å². The van der Waals surface area contributed by atoms with Crippen LogP contribution in [0.15, 0.2) is 28.4 Å². The Morgan fingerprint density at radius 1 is 1.57 bits per heavy atom. The van der Waals surface area contributed by atoms with Gasteiger partial charge in [-0.1, -0.05) is 6.07 Å². The summed E-state index contributed by atoms with van der Waals surface area (Å²) in [6.45, 7) is 5.16. The van der Waals surface area contributed by atoms with Crippen molar-refractivity contribution in [3.8, 4) is 0 Å². The second kappa shape index (κ2) is 6.54. The lowest BCUT2D eigenvalue weighted by atomic mass is 10.1. The number of anilines is 1. The fraction of sp³-hybridized carbons (Fsp3) is 0.438. The number of H-pyrrole nitrogens is 1. The smallest absolute Gasteiger partial charge is 0.252 e. The van der Waals surface area contributed by atoms with Crippen LogP contribution in [0, 0.1) is 6.92 Å². The van der Waals surface area contributed by atoms with E-state index in [1.807, 2.05) is 29.3 Å². The molecule has 1 aliphatic rings. The van der Waals surface area contributed by atoms with Crippen molar-refractivity contribution in [2.75, 3.05) is 18.0 Å². The Balaban J connectivity index is 1.61. The summed E-state index contributed by atoms with van der Waals surface area (Å²) in [4.78, 5) is 34.1. The van der Waals surface area contributed by atoms with Crippen LogP contribution >= 0.6 is 11.3 Å². The van der Waals surface area contributed by atoms with E-state index < -0.39 is 0 Å². The topological polar surface area (TPSA) is 78.1 Å². The van der Waals surface area contributed by atoms with Gasteiger partial charge >= 0.3 is 0 Å². The van der Waals surface area contributed by atoms with Crippen LogP contribution in [-0.2, 0) is 4.79 Å². The van der Waals surface area contributed by atoms with Gasteiger partial charge in [-0.3, -0.25) is 14.6 Å². The van der Waals surface area contributed by atoms with Crippen molar-refractivity contribution in [3.63, 3.8) is 0 Å². The van der Waals surface area contributed by atoms with Gasteiger partial charge in [-0.25, -0.2) is 4.98 Å². The molecule has 0 spiro atoms. The molecule has 0 saturated carbocycles. The third kappa shape index (κ3) is 3.61. The van der Waals surface area contributed by atoms with Gasteiger partial charge < -0.3 is 10.2 Å². The van der Waals surface area contributed by atoms with E-state index in [0.29, 0.717) is 18.2 Å². The average Bonchev–Trinajstić information content (AvgIpc) is 3.17. The molecule has 3 rings (SSSR count). The minimum absolute atomic E-state index is 0.0463. The van der Waals surface area contributed by atoms with Crippen LogP contribution < -0.4 is 15.8 Å². The van der Waals surface area contributed by atoms with Gasteiger partial charge in [-0.15, -0.1) is 11.3 Å². The molecular formula is C16H20N4O2S. The van der Waals surface area contributed by atoms with Crippen LogP contribution in [0.25, 0.3) is 0 Å². The average molecular weight is 332 g/mol. The molecule has 2 atom stereocenters. The van der Waals surface area contributed by atoms with Gasteiger partial charge in [-0.2, -0.15) is 0 Å². The summed E-state index contributed by atoms with van der Waals surface area (Å²) < 4.78 is 0. The van der Waals surface area contributed by atoms with Crippen molar-refractivity contribution in [2.45, 2.75) is 32.2 Å². The number of amides is 1. The number of nitrogens with one attached hydrogen (secondary N) is 2. The number of aromatic amines is 1. The van der Waals surface area contributed by atoms with Gasteiger partial charge in [-0.05, 0) is 31.7 Å². The number of aryl methyl sites for hydroxylation is 1. The number of thiophene rings is 1. The monoisotopic (exact) mass is 332 g/mol. The quantitative estimate of drug-likeness (QED) is 0.892. The molecule has 0 bridgehead atoms. The number of rotatable bonds is 4. The van der Waals surface area contributed by atoms with E-state index in [0.717, 1.165) is 17.8 Å². The molecule has 2 unspecified atom stereocenters. The van der Waals surface area contributed by atoms with Crippen LogP contribution in [0.4, 0.5) is 5.95 Å². The Kier molecular flexibility index (Phi) is 4.47. The lowest BCUT2D eigenvalue weighted by molar-refractivity contribution is -0.122. The molecule has 122 valence electrons. The van der Waals surface area contributed by atoms with Crippen molar-refractivity contribution in [2.24, 2.45) is 0 Å². The highest BCUT2D eigenvalue weighted by atomic mass is 32.1. The fourth-order valence-corrected chi connectivity index (χ4v) is 3.56. The number of carbonyl (C=O) groups excluding carboxylic acids is 1. The minimum Gasteiger partial charge on any atom is -0.351 e. The molecule has 0 aliphatic carbocycles. The van der Waals surface area contributed by atoms with Gasteiger partial charge in [0, 0.05) is 35.8 Å². The third-order valence-corrected chi connectivity index (χ3v) is 5.11. The first kappa shape index (κ1) is 15.7. The molecule has 0 aromatic carbocycles. The van der Waals surface area contributed by atoms with Crippen LogP contribution in [0.5, 0.6) is 0 Å². The molecule has 1 saturated heterocycles. The Morgan fingerprint density at radius 2 is 2.39 bits per heavy atom. The second-order valence-corrected chi connectivity index (χ2v) is 6.87. The predicted molar refractivity (Wildman–Crippen MR) is 91.1 cm³/mol. The maximum Gasteiger partial charge on any atom is 0.252 e. The van der Waals surface area contributed by atoms with Crippen molar-refractivity contribution < 1.29 is 4.79 Å². The third-order valence-electron chi connectivity index (χ3n) is 4.05. The van der Waals surface area contributed by atoms with E-state index >= 15 is 0 Å². The normalized spacial score (nSPS) is 18.9. The van der Waals surface area contributed by atoms with Gasteiger partial charge in [0.25, 0.3) is 5.56 Å². The molecule has 0 radical (unpaired) electrons. The Bertz CT molecular complexity index is 741. The SMILES string of the molecule is Cc1cc(=O)[nH]c(N2CCC(NC(=O)C(C)c3cccs3)C2)n1. The number of hydrogen-bond donors (Lipinski definition) is 2. The highest BCUT2D eigenvalue weighted by Crippen LogP contribution is 2.22. The zero-order chi connectivity index (χ0) is 16.4. The maximum absolute atomic E-state index is 12.4. The highest BCUT2D eigenvalue weighted by Gasteiger charge is 2.27. The first-order valence-corrected chi connectivity index (χ1v) is 8.57. The number of hydrogen-bond acceptors (Lipinski definition) is 5. The minimum atomic E-state index is -0.147. The maximum atomic E-state index is 12.4. The van der Waals surface area contributed by atoms with Gasteiger partial charge in [0.2, 0.25) is 11.9 Å². The Hall–Kier alpha value is -2.15. The second-order valence-electron chi connectivity index (χ2n) is 5.89. The van der Waals surface area contributed by atoms with E-state index in [1.165, 1.54) is 6.07 Å². The Morgan fingerprint density at radius 3 is 3.09 bits per heavy atom. The number of aromatic nitrogens is 2. The summed E-state index contributed by atoms with van der Waals surface area (Å²) in [5, 5.41) is 5.08. The lowest BCUT2D eigenvalue weighted by Gasteiger charge is -2.19. The van der Waals surface area contributed by atoms with Crippen LogP contribution in [0.2, 0.25) is 0 Å². The number of nitrogens with zero attached hydrogens (tertiary/aromatic N) is 2. The van der Waals surface area contributed by atoms with Crippen molar-refractivity contribution >= 4 is 23.2 Å². The first-order chi connectivity index (χ1) is 11.0. The fourth-order valence-electron chi connectivity index (χ4n) is 2.78. The van der Waals surface area contributed by atoms with E-state index in [1.54, 1.807) is 18.3 Å². The lowest BCUT2D eigenvalue weighted by Crippen LogP contribution is -2.39. The van der Waals surface area contributed by atoms with Crippen molar-refractivity contribution in [3.05, 3.63) is 44.5 Å². The van der Waals surface area contributed by atoms with E-state index in [4.69, 9.17) is 0 Å². The summed E-state index contributed by atoms with van der Waals surface area (Å²) in [5.41, 5.74) is 0.550. The molecule has 6 nitrogen and oxygen atoms in total. The zero-order valence-electron chi connectivity index (χ0n) is 13.2. The summed E-state index contributed by atoms with van der Waals surface area (Å²) in [5.74, 6) is 0.490. The van der Waals surface area contributed by atoms with Gasteiger partial charge in [0.1, 0.15) is 0 Å². The molecule has 1 fully saturated rings. The summed E-state index contributed by atoms with van der Waals surface area (Å²) in [6, 6.07) is 5.50. The summed E-state index contributed by atoms with van der Waals surface area (Å²) in [6.07, 6.45) is 0.848. The molecule has 23 heavy (non-hydrogen) atoms. The standard InChI is InChI=1S/C16H20N4O2S/c1-10-8-14(21)19-16(17-10)20-6-5-12(9-20)18-15(22)11(2)13-4-3-7-23-13/h3-4,7-8,11-12H,5-6,9H2,1-2H3,(H,18,22)(H,17,19,21). The first-order valence-electron chi connectivity index (χ1n) is 7.69.